The van der Waals surface area contributed by atoms with Crippen LogP contribution in [0, 0.1) is 0 Å². The van der Waals surface area contributed by atoms with Crippen molar-refractivity contribution in [1.29, 1.82) is 0 Å². The number of aromatic amines is 1. The van der Waals surface area contributed by atoms with Crippen LogP contribution in [0.25, 0.3) is 11.1 Å². The summed E-state index contributed by atoms with van der Waals surface area (Å²) in [5, 5.41) is 3.90. The molecule has 0 bridgehead atoms. The molecule has 1 amide bonds. The minimum absolute atomic E-state index is 0.298. The van der Waals surface area contributed by atoms with Crippen LogP contribution in [0.3, 0.4) is 0 Å². The molecule has 156 valence electrons. The van der Waals surface area contributed by atoms with Gasteiger partial charge in [0, 0.05) is 18.2 Å². The second-order valence-electron chi connectivity index (χ2n) is 7.16. The Morgan fingerprint density at radius 3 is 2.84 bits per heavy atom. The third kappa shape index (κ3) is 3.36. The molecule has 31 heavy (non-hydrogen) atoms. The Balaban J connectivity index is 1.63. The molecule has 0 saturated heterocycles. The van der Waals surface area contributed by atoms with Crippen molar-refractivity contribution in [3.63, 3.8) is 0 Å². The lowest BCUT2D eigenvalue weighted by atomic mass is 9.81. The maximum absolute atomic E-state index is 13.3. The zero-order valence-corrected chi connectivity index (χ0v) is 17.5. The van der Waals surface area contributed by atoms with Gasteiger partial charge in [-0.15, -0.1) is 0 Å². The number of fused-ring (bicyclic) bond motifs is 2. The molecule has 0 aliphatic carbocycles. The second kappa shape index (κ2) is 7.44. The van der Waals surface area contributed by atoms with Gasteiger partial charge >= 0.3 is 5.76 Å². The Bertz CT molecular complexity index is 1380. The molecule has 4 aromatic rings. The number of nitrogens with zero attached hydrogens (tertiary/aromatic N) is 1. The summed E-state index contributed by atoms with van der Waals surface area (Å²) in [6, 6.07) is 13.6. The van der Waals surface area contributed by atoms with Crippen molar-refractivity contribution in [3.05, 3.63) is 92.1 Å². The molecule has 1 atom stereocenters. The molecule has 1 aliphatic heterocycles. The van der Waals surface area contributed by atoms with Gasteiger partial charge in [0.05, 0.1) is 22.2 Å². The Hall–Kier alpha value is -3.29. The van der Waals surface area contributed by atoms with E-state index in [0.29, 0.717) is 51.2 Å². The smallest absolute Gasteiger partial charge is 0.417 e. The average Bonchev–Trinajstić information content (AvgIpc) is 3.15. The predicted molar refractivity (Wildman–Crippen MR) is 116 cm³/mol. The summed E-state index contributed by atoms with van der Waals surface area (Å²) in [7, 11) is 0. The first-order valence-electron chi connectivity index (χ1n) is 9.45. The van der Waals surface area contributed by atoms with Crippen molar-refractivity contribution in [2.75, 3.05) is 6.61 Å². The number of pyridine rings is 1. The summed E-state index contributed by atoms with van der Waals surface area (Å²) < 4.78 is 10.9. The van der Waals surface area contributed by atoms with Crippen molar-refractivity contribution in [3.8, 4) is 5.75 Å². The molecule has 9 heteroatoms. The maximum atomic E-state index is 13.3. The molecule has 2 aromatic heterocycles. The van der Waals surface area contributed by atoms with Gasteiger partial charge in [-0.1, -0.05) is 29.3 Å². The molecule has 7 nitrogen and oxygen atoms in total. The van der Waals surface area contributed by atoms with Crippen LogP contribution in [0.1, 0.15) is 28.0 Å². The number of oxazole rings is 1. The van der Waals surface area contributed by atoms with Crippen molar-refractivity contribution in [2.45, 2.75) is 12.0 Å². The SMILES string of the molecule is O=C(N[C@@]1(c2ccc(Cl)c(Cl)c2)CCOc2cccnc21)c1ccc2[nH]c(=O)oc2c1. The van der Waals surface area contributed by atoms with Gasteiger partial charge in [0.1, 0.15) is 17.0 Å². The molecule has 2 N–H and O–H groups in total. The monoisotopic (exact) mass is 455 g/mol. The number of aromatic nitrogens is 2. The number of benzene rings is 2. The van der Waals surface area contributed by atoms with Gasteiger partial charge in [-0.3, -0.25) is 14.8 Å². The number of hydrogen-bond donors (Lipinski definition) is 2. The summed E-state index contributed by atoms with van der Waals surface area (Å²) in [5.74, 6) is -0.370. The predicted octanol–water partition coefficient (Wildman–Crippen LogP) is 4.28. The van der Waals surface area contributed by atoms with Gasteiger partial charge in [0.25, 0.3) is 5.91 Å². The van der Waals surface area contributed by atoms with E-state index in [1.807, 2.05) is 6.07 Å². The fourth-order valence-corrected chi connectivity index (χ4v) is 4.15. The molecule has 2 aromatic carbocycles. The molecule has 0 fully saturated rings. The fourth-order valence-electron chi connectivity index (χ4n) is 3.85. The highest BCUT2D eigenvalue weighted by molar-refractivity contribution is 6.42. The highest BCUT2D eigenvalue weighted by Crippen LogP contribution is 2.42. The number of hydrogen-bond acceptors (Lipinski definition) is 5. The summed E-state index contributed by atoms with van der Waals surface area (Å²) >= 11 is 12.4. The van der Waals surface area contributed by atoms with E-state index in [-0.39, 0.29) is 5.91 Å². The second-order valence-corrected chi connectivity index (χ2v) is 7.98. The largest absolute Gasteiger partial charge is 0.491 e. The van der Waals surface area contributed by atoms with Crippen LogP contribution in [0.2, 0.25) is 10.0 Å². The van der Waals surface area contributed by atoms with E-state index in [2.05, 4.69) is 15.3 Å². The number of carbonyl (C=O) groups is 1. The van der Waals surface area contributed by atoms with Gasteiger partial charge in [0.2, 0.25) is 0 Å². The molecule has 3 heterocycles. The molecular weight excluding hydrogens is 441 g/mol. The van der Waals surface area contributed by atoms with Crippen LogP contribution in [-0.4, -0.2) is 22.5 Å². The number of rotatable bonds is 3. The highest BCUT2D eigenvalue weighted by atomic mass is 35.5. The average molecular weight is 456 g/mol. The van der Waals surface area contributed by atoms with Crippen LogP contribution in [-0.2, 0) is 5.54 Å². The summed E-state index contributed by atoms with van der Waals surface area (Å²) in [5.41, 5.74) is 1.45. The Kier molecular flexibility index (Phi) is 4.72. The third-order valence-corrected chi connectivity index (χ3v) is 6.07. The first-order valence-corrected chi connectivity index (χ1v) is 10.2. The number of H-pyrrole nitrogens is 1. The highest BCUT2D eigenvalue weighted by Gasteiger charge is 2.42. The maximum Gasteiger partial charge on any atom is 0.417 e. The van der Waals surface area contributed by atoms with E-state index >= 15 is 0 Å². The van der Waals surface area contributed by atoms with E-state index in [1.165, 1.54) is 6.07 Å². The Labute approximate surface area is 186 Å². The van der Waals surface area contributed by atoms with Gasteiger partial charge in [0.15, 0.2) is 5.58 Å². The summed E-state index contributed by atoms with van der Waals surface area (Å²) in [6.07, 6.45) is 2.08. The van der Waals surface area contributed by atoms with Gasteiger partial charge < -0.3 is 14.5 Å². The van der Waals surface area contributed by atoms with E-state index in [1.54, 1.807) is 42.6 Å². The van der Waals surface area contributed by atoms with E-state index < -0.39 is 11.3 Å². The zero-order valence-electron chi connectivity index (χ0n) is 15.9. The molecule has 1 aliphatic rings. The van der Waals surface area contributed by atoms with Crippen molar-refractivity contribution in [2.24, 2.45) is 0 Å². The molecular formula is C22H15Cl2N3O4. The lowest BCUT2D eigenvalue weighted by molar-refractivity contribution is 0.0883. The van der Waals surface area contributed by atoms with Crippen molar-refractivity contribution < 1.29 is 13.9 Å². The molecule has 0 spiro atoms. The lowest BCUT2D eigenvalue weighted by Gasteiger charge is -2.39. The van der Waals surface area contributed by atoms with Crippen LogP contribution in [0.15, 0.2) is 63.9 Å². The number of amides is 1. The number of nitrogens with one attached hydrogen (secondary N) is 2. The van der Waals surface area contributed by atoms with E-state index in [9.17, 15) is 9.59 Å². The van der Waals surface area contributed by atoms with E-state index in [0.717, 1.165) is 5.56 Å². The number of ether oxygens (including phenoxy) is 1. The first kappa shape index (κ1) is 19.7. The Morgan fingerprint density at radius 2 is 2.00 bits per heavy atom. The number of carbonyl (C=O) groups excluding carboxylic acids is 1. The summed E-state index contributed by atoms with van der Waals surface area (Å²) in [6.45, 7) is 0.366. The van der Waals surface area contributed by atoms with Gasteiger partial charge in [-0.05, 0) is 48.0 Å². The van der Waals surface area contributed by atoms with E-state index in [4.69, 9.17) is 32.4 Å². The van der Waals surface area contributed by atoms with Gasteiger partial charge in [-0.2, -0.15) is 0 Å². The normalized spacial score (nSPS) is 17.7. The molecule has 0 saturated carbocycles. The molecule has 5 rings (SSSR count). The topological polar surface area (TPSA) is 97.2 Å². The molecule has 0 radical (unpaired) electrons. The quantitative estimate of drug-likeness (QED) is 0.480. The Morgan fingerprint density at radius 1 is 1.13 bits per heavy atom. The minimum Gasteiger partial charge on any atom is -0.491 e. The lowest BCUT2D eigenvalue weighted by Crippen LogP contribution is -2.50. The first-order chi connectivity index (χ1) is 15.0. The number of halogens is 2. The van der Waals surface area contributed by atoms with Crippen LogP contribution < -0.4 is 15.8 Å². The van der Waals surface area contributed by atoms with Crippen molar-refractivity contribution in [1.82, 2.24) is 15.3 Å². The minimum atomic E-state index is -0.992. The standard InChI is InChI=1S/C22H15Cl2N3O4/c23-14-5-4-13(11-15(14)24)22(7-9-30-17-2-1-8-25-19(17)22)27-20(28)12-3-6-16-18(10-12)31-21(29)26-16/h1-6,8,10-11H,7,9H2,(H,26,29)(H,27,28)/t22-/m1/s1. The van der Waals surface area contributed by atoms with Crippen LogP contribution in [0.5, 0.6) is 5.75 Å². The summed E-state index contributed by atoms with van der Waals surface area (Å²) in [4.78, 5) is 31.9. The zero-order chi connectivity index (χ0) is 21.6. The van der Waals surface area contributed by atoms with Crippen LogP contribution >= 0.6 is 23.2 Å². The molecule has 0 unspecified atom stereocenters. The van der Waals surface area contributed by atoms with Crippen LogP contribution in [0.4, 0.5) is 0 Å². The van der Waals surface area contributed by atoms with Gasteiger partial charge in [-0.25, -0.2) is 4.79 Å². The fraction of sp³-hybridized carbons (Fsp3) is 0.136. The third-order valence-electron chi connectivity index (χ3n) is 5.33. The van der Waals surface area contributed by atoms with Crippen molar-refractivity contribution >= 4 is 40.2 Å².